The van der Waals surface area contributed by atoms with Gasteiger partial charge in [0.25, 0.3) is 0 Å². The summed E-state index contributed by atoms with van der Waals surface area (Å²) in [6.07, 6.45) is 5.16. The van der Waals surface area contributed by atoms with Gasteiger partial charge in [-0.05, 0) is 30.5 Å². The molecule has 1 heterocycles. The van der Waals surface area contributed by atoms with E-state index in [0.29, 0.717) is 17.4 Å². The lowest BCUT2D eigenvalue weighted by molar-refractivity contribution is 0.310. The van der Waals surface area contributed by atoms with Crippen molar-refractivity contribution in [2.75, 3.05) is 12.3 Å². The Kier molecular flexibility index (Phi) is 4.42. The molecule has 0 amide bonds. The summed E-state index contributed by atoms with van der Waals surface area (Å²) in [5.41, 5.74) is 7.68. The topological polar surface area (TPSA) is 48.1 Å². The van der Waals surface area contributed by atoms with E-state index in [2.05, 4.69) is 4.98 Å². The molecule has 0 bridgehead atoms. The van der Waals surface area contributed by atoms with Crippen LogP contribution in [0.15, 0.2) is 42.7 Å². The van der Waals surface area contributed by atoms with Crippen molar-refractivity contribution in [2.45, 2.75) is 12.8 Å². The van der Waals surface area contributed by atoms with E-state index >= 15 is 0 Å². The first kappa shape index (κ1) is 12.7. The zero-order chi connectivity index (χ0) is 12.8. The molecule has 4 heteroatoms. The summed E-state index contributed by atoms with van der Waals surface area (Å²) in [4.78, 5) is 3.96. The maximum atomic E-state index is 5.81. The summed E-state index contributed by atoms with van der Waals surface area (Å²) in [5.74, 6) is 0.708. The average Bonchev–Trinajstić information content (AvgIpc) is 2.37. The first-order valence-electron chi connectivity index (χ1n) is 5.82. The summed E-state index contributed by atoms with van der Waals surface area (Å²) in [6, 6.07) is 9.67. The predicted molar refractivity (Wildman–Crippen MR) is 73.9 cm³/mol. The Morgan fingerprint density at radius 2 is 1.94 bits per heavy atom. The van der Waals surface area contributed by atoms with Crippen LogP contribution in [0.4, 0.5) is 5.69 Å². The van der Waals surface area contributed by atoms with Crippen LogP contribution in [0.25, 0.3) is 0 Å². The number of anilines is 1. The number of hydrogen-bond acceptors (Lipinski definition) is 3. The molecule has 0 radical (unpaired) electrons. The summed E-state index contributed by atoms with van der Waals surface area (Å²) in [7, 11) is 0. The summed E-state index contributed by atoms with van der Waals surface area (Å²) in [5, 5.41) is 0.589. The molecule has 2 aromatic rings. The van der Waals surface area contributed by atoms with Crippen LogP contribution in [0, 0.1) is 0 Å². The highest BCUT2D eigenvalue weighted by Crippen LogP contribution is 2.15. The highest BCUT2D eigenvalue weighted by molar-refractivity contribution is 6.30. The number of hydrogen-bond donors (Lipinski definition) is 1. The summed E-state index contributed by atoms with van der Waals surface area (Å²) < 4.78 is 5.56. The molecule has 0 aliphatic carbocycles. The molecular formula is C14H15ClN2O. The zero-order valence-corrected chi connectivity index (χ0v) is 10.7. The predicted octanol–water partition coefficient (Wildman–Crippen LogP) is 3.33. The maximum absolute atomic E-state index is 5.81. The lowest BCUT2D eigenvalue weighted by Gasteiger charge is -2.06. The molecule has 0 aliphatic heterocycles. The van der Waals surface area contributed by atoms with Gasteiger partial charge in [-0.15, -0.1) is 0 Å². The van der Waals surface area contributed by atoms with E-state index in [-0.39, 0.29) is 0 Å². The van der Waals surface area contributed by atoms with Gasteiger partial charge in [-0.3, -0.25) is 4.98 Å². The smallest absolute Gasteiger partial charge is 0.139 e. The Labute approximate surface area is 112 Å². The van der Waals surface area contributed by atoms with Crippen LogP contribution < -0.4 is 10.5 Å². The molecule has 3 nitrogen and oxygen atoms in total. The number of nitrogens with zero attached hydrogens (tertiary/aromatic N) is 1. The first-order valence-corrected chi connectivity index (χ1v) is 6.19. The highest BCUT2D eigenvalue weighted by atomic mass is 35.5. The van der Waals surface area contributed by atoms with Crippen LogP contribution in [-0.2, 0) is 6.42 Å². The number of nitrogen functional groups attached to an aromatic ring is 1. The van der Waals surface area contributed by atoms with Gasteiger partial charge in [-0.25, -0.2) is 0 Å². The van der Waals surface area contributed by atoms with Gasteiger partial charge < -0.3 is 10.5 Å². The van der Waals surface area contributed by atoms with Crippen LogP contribution in [-0.4, -0.2) is 11.6 Å². The number of benzene rings is 1. The first-order chi connectivity index (χ1) is 8.74. The summed E-state index contributed by atoms with van der Waals surface area (Å²) in [6.45, 7) is 0.645. The molecule has 0 saturated carbocycles. The van der Waals surface area contributed by atoms with E-state index in [1.165, 1.54) is 5.56 Å². The van der Waals surface area contributed by atoms with Crippen LogP contribution in [0.2, 0.25) is 5.02 Å². The van der Waals surface area contributed by atoms with Gasteiger partial charge in [-0.1, -0.05) is 23.7 Å². The van der Waals surface area contributed by atoms with Crippen LogP contribution in [0.5, 0.6) is 5.75 Å². The highest BCUT2D eigenvalue weighted by Gasteiger charge is 1.97. The molecular weight excluding hydrogens is 248 g/mol. The SMILES string of the molecule is Nc1ccc(CCCOc2cncc(Cl)c2)cc1. The van der Waals surface area contributed by atoms with Crippen molar-refractivity contribution in [3.05, 3.63) is 53.3 Å². The minimum atomic E-state index is 0.589. The van der Waals surface area contributed by atoms with Gasteiger partial charge >= 0.3 is 0 Å². The molecule has 0 fully saturated rings. The number of aryl methyl sites for hydroxylation is 1. The normalized spacial score (nSPS) is 10.3. The van der Waals surface area contributed by atoms with E-state index < -0.39 is 0 Å². The fourth-order valence-corrected chi connectivity index (χ4v) is 1.79. The van der Waals surface area contributed by atoms with Crippen molar-refractivity contribution in [2.24, 2.45) is 0 Å². The van der Waals surface area contributed by atoms with Crippen molar-refractivity contribution in [3.8, 4) is 5.75 Å². The quantitative estimate of drug-likeness (QED) is 0.664. The number of aromatic nitrogens is 1. The Hall–Kier alpha value is -1.74. The lowest BCUT2D eigenvalue weighted by Crippen LogP contribution is -1.99. The third-order valence-electron chi connectivity index (χ3n) is 2.54. The number of halogens is 1. The molecule has 0 atom stereocenters. The Morgan fingerprint density at radius 3 is 2.67 bits per heavy atom. The van der Waals surface area contributed by atoms with Crippen molar-refractivity contribution in [3.63, 3.8) is 0 Å². The standard InChI is InChI=1S/C14H15ClN2O/c15-12-8-14(10-17-9-12)18-7-1-2-11-3-5-13(16)6-4-11/h3-6,8-10H,1-2,7,16H2. The van der Waals surface area contributed by atoms with E-state index in [1.807, 2.05) is 24.3 Å². The fourth-order valence-electron chi connectivity index (χ4n) is 1.62. The van der Waals surface area contributed by atoms with Gasteiger partial charge in [0.2, 0.25) is 0 Å². The Morgan fingerprint density at radius 1 is 1.17 bits per heavy atom. The van der Waals surface area contributed by atoms with Crippen molar-refractivity contribution >= 4 is 17.3 Å². The number of pyridine rings is 1. The maximum Gasteiger partial charge on any atom is 0.139 e. The molecule has 0 unspecified atom stereocenters. The molecule has 0 aliphatic rings. The van der Waals surface area contributed by atoms with Gasteiger partial charge in [0.1, 0.15) is 5.75 Å². The number of nitrogens with two attached hydrogens (primary N) is 1. The lowest BCUT2D eigenvalue weighted by atomic mass is 10.1. The van der Waals surface area contributed by atoms with E-state index in [1.54, 1.807) is 18.5 Å². The molecule has 18 heavy (non-hydrogen) atoms. The second-order valence-electron chi connectivity index (χ2n) is 4.03. The van der Waals surface area contributed by atoms with Crippen molar-refractivity contribution < 1.29 is 4.74 Å². The molecule has 0 saturated heterocycles. The zero-order valence-electron chi connectivity index (χ0n) is 9.97. The average molecular weight is 263 g/mol. The largest absolute Gasteiger partial charge is 0.492 e. The summed E-state index contributed by atoms with van der Waals surface area (Å²) >= 11 is 5.81. The molecule has 2 rings (SSSR count). The van der Waals surface area contributed by atoms with Gasteiger partial charge in [0.05, 0.1) is 17.8 Å². The number of rotatable bonds is 5. The second-order valence-corrected chi connectivity index (χ2v) is 4.47. The molecule has 1 aromatic heterocycles. The number of ether oxygens (including phenoxy) is 1. The van der Waals surface area contributed by atoms with Crippen molar-refractivity contribution in [1.29, 1.82) is 0 Å². The van der Waals surface area contributed by atoms with Crippen LogP contribution in [0.1, 0.15) is 12.0 Å². The minimum Gasteiger partial charge on any atom is -0.492 e. The van der Waals surface area contributed by atoms with Crippen LogP contribution >= 0.6 is 11.6 Å². The van der Waals surface area contributed by atoms with Crippen molar-refractivity contribution in [1.82, 2.24) is 4.98 Å². The Balaban J connectivity index is 1.74. The van der Waals surface area contributed by atoms with E-state index in [4.69, 9.17) is 22.1 Å². The molecule has 94 valence electrons. The monoisotopic (exact) mass is 262 g/mol. The van der Waals surface area contributed by atoms with Gasteiger partial charge in [-0.2, -0.15) is 0 Å². The Bertz CT molecular complexity index is 499. The van der Waals surface area contributed by atoms with Gasteiger partial charge in [0.15, 0.2) is 0 Å². The van der Waals surface area contributed by atoms with Gasteiger partial charge in [0, 0.05) is 18.0 Å². The van der Waals surface area contributed by atoms with E-state index in [0.717, 1.165) is 18.5 Å². The van der Waals surface area contributed by atoms with E-state index in [9.17, 15) is 0 Å². The van der Waals surface area contributed by atoms with Crippen LogP contribution in [0.3, 0.4) is 0 Å². The third kappa shape index (κ3) is 3.93. The molecule has 1 aromatic carbocycles. The molecule has 2 N–H and O–H groups in total. The molecule has 0 spiro atoms. The second kappa shape index (κ2) is 6.26. The third-order valence-corrected chi connectivity index (χ3v) is 2.74. The fraction of sp³-hybridized carbons (Fsp3) is 0.214. The minimum absolute atomic E-state index is 0.589.